The fraction of sp³-hybridized carbons (Fsp3) is 0.424. The molecule has 0 saturated heterocycles. The van der Waals surface area contributed by atoms with Crippen LogP contribution in [0.2, 0.25) is 0 Å². The van der Waals surface area contributed by atoms with Gasteiger partial charge >= 0.3 is 6.09 Å². The number of carbonyl (C=O) groups excluding carboxylic acids is 2. The Bertz CT molecular complexity index is 1510. The zero-order valence-corrected chi connectivity index (χ0v) is 23.9. The summed E-state index contributed by atoms with van der Waals surface area (Å²) in [4.78, 5) is 30.7. The van der Waals surface area contributed by atoms with Gasteiger partial charge in [-0.2, -0.15) is 0 Å². The van der Waals surface area contributed by atoms with Crippen LogP contribution in [0.3, 0.4) is 0 Å². The average Bonchev–Trinajstić information content (AvgIpc) is 3.37. The summed E-state index contributed by atoms with van der Waals surface area (Å²) in [5.74, 6) is -0.0103. The lowest BCUT2D eigenvalue weighted by atomic mass is 9.91. The highest BCUT2D eigenvalue weighted by molar-refractivity contribution is 5.94. The summed E-state index contributed by atoms with van der Waals surface area (Å²) < 4.78 is 4.89. The smallest absolute Gasteiger partial charge is 0.404 e. The molecule has 41 heavy (non-hydrogen) atoms. The van der Waals surface area contributed by atoms with Crippen LogP contribution < -0.4 is 16.4 Å². The number of primary amides is 1. The zero-order valence-electron chi connectivity index (χ0n) is 23.9. The highest BCUT2D eigenvalue weighted by Crippen LogP contribution is 2.37. The molecule has 216 valence electrons. The molecule has 0 bridgehead atoms. The van der Waals surface area contributed by atoms with E-state index >= 15 is 0 Å². The van der Waals surface area contributed by atoms with Gasteiger partial charge < -0.3 is 26.1 Å². The van der Waals surface area contributed by atoms with Crippen LogP contribution in [0, 0.1) is 0 Å². The van der Waals surface area contributed by atoms with Crippen molar-refractivity contribution in [3.8, 4) is 0 Å². The molecule has 5 N–H and O–H groups in total. The Labute approximate surface area is 241 Å². The van der Waals surface area contributed by atoms with Crippen LogP contribution >= 0.6 is 0 Å². The van der Waals surface area contributed by atoms with Crippen LogP contribution in [0.1, 0.15) is 80.3 Å². The normalized spacial score (nSPS) is 13.6. The SMILES string of the molecule is CC(=O)NCCc1c[nH]c2ccc(C(CCCCCCOC(N)=O)Nc3c4c(nc5ccccc35)CCCC4)cc12. The lowest BCUT2D eigenvalue weighted by molar-refractivity contribution is -0.118. The monoisotopic (exact) mass is 555 g/mol. The first-order valence-electron chi connectivity index (χ1n) is 14.9. The maximum absolute atomic E-state index is 11.4. The van der Waals surface area contributed by atoms with E-state index in [2.05, 4.69) is 64.3 Å². The topological polar surface area (TPSA) is 122 Å². The second-order valence-corrected chi connectivity index (χ2v) is 11.1. The van der Waals surface area contributed by atoms with Gasteiger partial charge in [-0.3, -0.25) is 9.78 Å². The van der Waals surface area contributed by atoms with Gasteiger partial charge in [0.25, 0.3) is 0 Å². The molecule has 1 aliphatic rings. The van der Waals surface area contributed by atoms with Gasteiger partial charge in [-0.25, -0.2) is 4.79 Å². The van der Waals surface area contributed by atoms with E-state index < -0.39 is 6.09 Å². The van der Waals surface area contributed by atoms with Crippen molar-refractivity contribution in [2.45, 2.75) is 77.2 Å². The number of hydrogen-bond donors (Lipinski definition) is 4. The van der Waals surface area contributed by atoms with E-state index in [1.807, 2.05) is 0 Å². The first-order chi connectivity index (χ1) is 20.0. The minimum Gasteiger partial charge on any atom is -0.450 e. The maximum atomic E-state index is 11.4. The quantitative estimate of drug-likeness (QED) is 0.141. The third-order valence-electron chi connectivity index (χ3n) is 8.08. The van der Waals surface area contributed by atoms with E-state index in [9.17, 15) is 9.59 Å². The maximum Gasteiger partial charge on any atom is 0.404 e. The van der Waals surface area contributed by atoms with Gasteiger partial charge in [-0.15, -0.1) is 0 Å². The lowest BCUT2D eigenvalue weighted by Crippen LogP contribution is -2.22. The number of aryl methyl sites for hydroxylation is 1. The van der Waals surface area contributed by atoms with Crippen LogP contribution in [0.5, 0.6) is 0 Å². The summed E-state index contributed by atoms with van der Waals surface area (Å²) in [6.45, 7) is 2.54. The van der Waals surface area contributed by atoms with E-state index in [4.69, 9.17) is 15.5 Å². The Morgan fingerprint density at radius 2 is 1.88 bits per heavy atom. The first-order valence-corrected chi connectivity index (χ1v) is 14.9. The summed E-state index contributed by atoms with van der Waals surface area (Å²) in [5.41, 5.74) is 13.5. The number of benzene rings is 2. The molecule has 2 heterocycles. The second kappa shape index (κ2) is 13.5. The number of unbranched alkanes of at least 4 members (excludes halogenated alkanes) is 3. The Morgan fingerprint density at radius 3 is 2.73 bits per heavy atom. The van der Waals surface area contributed by atoms with Gasteiger partial charge in [-0.05, 0) is 79.8 Å². The van der Waals surface area contributed by atoms with E-state index in [0.29, 0.717) is 13.2 Å². The van der Waals surface area contributed by atoms with Gasteiger partial charge in [0.2, 0.25) is 5.91 Å². The number of carbonyl (C=O) groups is 2. The molecule has 2 amide bonds. The largest absolute Gasteiger partial charge is 0.450 e. The van der Waals surface area contributed by atoms with Gasteiger partial charge in [0, 0.05) is 47.3 Å². The van der Waals surface area contributed by atoms with Crippen molar-refractivity contribution < 1.29 is 14.3 Å². The fourth-order valence-corrected chi connectivity index (χ4v) is 6.00. The number of para-hydroxylation sites is 1. The Balaban J connectivity index is 1.42. The molecule has 4 aromatic rings. The molecule has 2 aromatic heterocycles. The number of ether oxygens (including phenoxy) is 1. The number of H-pyrrole nitrogens is 1. The molecular weight excluding hydrogens is 514 g/mol. The van der Waals surface area contributed by atoms with E-state index in [1.54, 1.807) is 6.92 Å². The van der Waals surface area contributed by atoms with Crippen LogP contribution in [0.15, 0.2) is 48.7 Å². The summed E-state index contributed by atoms with van der Waals surface area (Å²) in [6.07, 6.45) is 11.4. The van der Waals surface area contributed by atoms with Crippen molar-refractivity contribution in [3.05, 3.63) is 71.0 Å². The predicted molar refractivity (Wildman–Crippen MR) is 164 cm³/mol. The molecule has 0 spiro atoms. The molecule has 1 atom stereocenters. The third-order valence-corrected chi connectivity index (χ3v) is 8.08. The number of fused-ring (bicyclic) bond motifs is 3. The number of nitrogens with one attached hydrogen (secondary N) is 3. The molecule has 1 unspecified atom stereocenters. The number of aromatic nitrogens is 2. The number of hydrogen-bond acceptors (Lipinski definition) is 5. The number of pyridine rings is 1. The Hall–Kier alpha value is -4.07. The van der Waals surface area contributed by atoms with Crippen LogP contribution in [0.4, 0.5) is 10.5 Å². The van der Waals surface area contributed by atoms with Gasteiger partial charge in [0.05, 0.1) is 18.2 Å². The zero-order chi connectivity index (χ0) is 28.6. The molecule has 5 rings (SSSR count). The number of nitrogens with zero attached hydrogens (tertiary/aromatic N) is 1. The van der Waals surface area contributed by atoms with Crippen molar-refractivity contribution >= 4 is 39.5 Å². The van der Waals surface area contributed by atoms with Crippen molar-refractivity contribution in [1.82, 2.24) is 15.3 Å². The highest BCUT2D eigenvalue weighted by Gasteiger charge is 2.21. The van der Waals surface area contributed by atoms with Crippen molar-refractivity contribution in [1.29, 1.82) is 0 Å². The molecule has 0 saturated carbocycles. The van der Waals surface area contributed by atoms with Crippen LogP contribution in [-0.2, 0) is 28.8 Å². The number of nitrogens with two attached hydrogens (primary N) is 1. The van der Waals surface area contributed by atoms with Crippen molar-refractivity contribution in [3.63, 3.8) is 0 Å². The number of amides is 2. The molecule has 0 aliphatic heterocycles. The second-order valence-electron chi connectivity index (χ2n) is 11.1. The molecule has 1 aliphatic carbocycles. The number of anilines is 1. The number of rotatable bonds is 13. The average molecular weight is 556 g/mol. The summed E-state index contributed by atoms with van der Waals surface area (Å²) in [6, 6.07) is 15.3. The molecule has 2 aromatic carbocycles. The van der Waals surface area contributed by atoms with Crippen molar-refractivity contribution in [2.24, 2.45) is 5.73 Å². The van der Waals surface area contributed by atoms with Gasteiger partial charge in [0.15, 0.2) is 0 Å². The van der Waals surface area contributed by atoms with E-state index in [1.165, 1.54) is 51.7 Å². The molecule has 0 radical (unpaired) electrons. The Kier molecular flexibility index (Phi) is 9.39. The van der Waals surface area contributed by atoms with E-state index in [0.717, 1.165) is 62.4 Å². The minimum atomic E-state index is -0.709. The molecule has 8 nitrogen and oxygen atoms in total. The van der Waals surface area contributed by atoms with E-state index in [-0.39, 0.29) is 11.9 Å². The highest BCUT2D eigenvalue weighted by atomic mass is 16.5. The first kappa shape index (κ1) is 28.5. The lowest BCUT2D eigenvalue weighted by Gasteiger charge is -2.27. The van der Waals surface area contributed by atoms with Gasteiger partial charge in [0.1, 0.15) is 0 Å². The van der Waals surface area contributed by atoms with Crippen molar-refractivity contribution in [2.75, 3.05) is 18.5 Å². The fourth-order valence-electron chi connectivity index (χ4n) is 6.00. The van der Waals surface area contributed by atoms with Crippen LogP contribution in [-0.4, -0.2) is 35.1 Å². The minimum absolute atomic E-state index is 0.0103. The molecule has 8 heteroatoms. The van der Waals surface area contributed by atoms with Gasteiger partial charge in [-0.1, -0.05) is 43.5 Å². The molecular formula is C33H41N5O3. The standard InChI is InChI=1S/C33H41N5O3/c1-22(39)35-18-17-24-21-36-29-16-15-23(20-27(24)29)28(12-4-2-3-9-19-41-33(34)40)38-32-25-10-5-7-13-30(25)37-31-14-8-6-11-26(31)32/h5,7,10,13,15-16,20-21,28,36H,2-4,6,8-9,11-12,14,17-19H2,1H3,(H2,34,40)(H,35,39)(H,37,38). The number of aromatic amines is 1. The Morgan fingerprint density at radius 1 is 1.05 bits per heavy atom. The molecule has 0 fully saturated rings. The summed E-state index contributed by atoms with van der Waals surface area (Å²) >= 11 is 0. The predicted octanol–water partition coefficient (Wildman–Crippen LogP) is 6.47. The van der Waals surface area contributed by atoms with Crippen LogP contribution in [0.25, 0.3) is 21.8 Å². The third kappa shape index (κ3) is 7.17. The summed E-state index contributed by atoms with van der Waals surface area (Å²) in [5, 5.41) is 9.32. The summed E-state index contributed by atoms with van der Waals surface area (Å²) in [7, 11) is 0.